The van der Waals surface area contributed by atoms with Gasteiger partial charge in [0.25, 0.3) is 0 Å². The summed E-state index contributed by atoms with van der Waals surface area (Å²) in [5.74, 6) is 0. The lowest BCUT2D eigenvalue weighted by molar-refractivity contribution is 0.0300. The highest BCUT2D eigenvalue weighted by atomic mass is 16.5. The number of nitrogens with one attached hydrogen (secondary N) is 1. The van der Waals surface area contributed by atoms with Crippen LogP contribution in [0.5, 0.6) is 0 Å². The molecule has 14 heavy (non-hydrogen) atoms. The monoisotopic (exact) mass is 200 g/mol. The third-order valence-electron chi connectivity index (χ3n) is 3.27. The van der Waals surface area contributed by atoms with Crippen molar-refractivity contribution < 1.29 is 4.74 Å². The van der Waals surface area contributed by atoms with Crippen molar-refractivity contribution in [3.05, 3.63) is 0 Å². The van der Waals surface area contributed by atoms with Crippen molar-refractivity contribution >= 4 is 0 Å². The smallest absolute Gasteiger partial charge is 0.0480 e. The van der Waals surface area contributed by atoms with Gasteiger partial charge in [-0.2, -0.15) is 0 Å². The van der Waals surface area contributed by atoms with Gasteiger partial charge in [-0.3, -0.25) is 0 Å². The molecule has 1 atom stereocenters. The van der Waals surface area contributed by atoms with Gasteiger partial charge in [-0.25, -0.2) is 0 Å². The van der Waals surface area contributed by atoms with E-state index in [9.17, 15) is 0 Å². The summed E-state index contributed by atoms with van der Waals surface area (Å²) >= 11 is 0. The van der Waals surface area contributed by atoms with E-state index in [4.69, 9.17) is 4.74 Å². The molecule has 1 fully saturated rings. The average Bonchev–Trinajstić information content (AvgIpc) is 2.26. The first-order chi connectivity index (χ1) is 6.75. The highest BCUT2D eigenvalue weighted by Gasteiger charge is 2.21. The summed E-state index contributed by atoms with van der Waals surface area (Å²) in [6.45, 7) is 5.29. The molecule has 3 heteroatoms. The van der Waals surface area contributed by atoms with Gasteiger partial charge in [-0.05, 0) is 46.8 Å². The topological polar surface area (TPSA) is 24.5 Å². The van der Waals surface area contributed by atoms with E-state index in [2.05, 4.69) is 24.2 Å². The molecule has 1 heterocycles. The van der Waals surface area contributed by atoms with Crippen molar-refractivity contribution in [2.75, 3.05) is 33.9 Å². The molecule has 1 unspecified atom stereocenters. The largest absolute Gasteiger partial charge is 0.381 e. The maximum Gasteiger partial charge on any atom is 0.0480 e. The van der Waals surface area contributed by atoms with Crippen LogP contribution in [0.25, 0.3) is 0 Å². The second kappa shape index (κ2) is 6.38. The Hall–Kier alpha value is -0.120. The molecule has 1 rings (SSSR count). The summed E-state index contributed by atoms with van der Waals surface area (Å²) in [5.41, 5.74) is 0. The highest BCUT2D eigenvalue weighted by Crippen LogP contribution is 2.16. The molecule has 0 aromatic carbocycles. The number of hydrogen-bond acceptors (Lipinski definition) is 3. The molecule has 0 aliphatic carbocycles. The first-order valence-electron chi connectivity index (χ1n) is 5.70. The third kappa shape index (κ3) is 3.56. The molecule has 1 saturated heterocycles. The van der Waals surface area contributed by atoms with Crippen LogP contribution < -0.4 is 5.32 Å². The molecule has 3 nitrogen and oxygen atoms in total. The summed E-state index contributed by atoms with van der Waals surface area (Å²) in [5, 5.41) is 3.21. The lowest BCUT2D eigenvalue weighted by Crippen LogP contribution is -2.42. The number of rotatable bonds is 5. The molecular formula is C11H24N2O. The molecule has 1 N–H and O–H groups in total. The maximum absolute atomic E-state index is 5.37. The molecule has 1 aliphatic rings. The Labute approximate surface area is 87.8 Å². The fourth-order valence-electron chi connectivity index (χ4n) is 2.01. The molecule has 0 saturated carbocycles. The van der Waals surface area contributed by atoms with Gasteiger partial charge >= 0.3 is 0 Å². The van der Waals surface area contributed by atoms with Gasteiger partial charge < -0.3 is 15.0 Å². The summed E-state index contributed by atoms with van der Waals surface area (Å²) in [6.07, 6.45) is 3.62. The van der Waals surface area contributed by atoms with E-state index in [0.717, 1.165) is 25.8 Å². The molecule has 1 aliphatic heterocycles. The Morgan fingerprint density at radius 2 is 2.07 bits per heavy atom. The summed E-state index contributed by atoms with van der Waals surface area (Å²) in [6, 6.07) is 1.40. The van der Waals surface area contributed by atoms with E-state index >= 15 is 0 Å². The van der Waals surface area contributed by atoms with Crippen LogP contribution in [0.4, 0.5) is 0 Å². The van der Waals surface area contributed by atoms with E-state index < -0.39 is 0 Å². The van der Waals surface area contributed by atoms with Crippen molar-refractivity contribution in [2.45, 2.75) is 38.3 Å². The van der Waals surface area contributed by atoms with Gasteiger partial charge in [0.1, 0.15) is 0 Å². The molecular weight excluding hydrogens is 176 g/mol. The second-order valence-corrected chi connectivity index (χ2v) is 4.25. The van der Waals surface area contributed by atoms with E-state index in [1.54, 1.807) is 0 Å². The number of nitrogens with zero attached hydrogens (tertiary/aromatic N) is 1. The van der Waals surface area contributed by atoms with Crippen molar-refractivity contribution in [2.24, 2.45) is 0 Å². The summed E-state index contributed by atoms with van der Waals surface area (Å²) < 4.78 is 5.37. The molecule has 0 spiro atoms. The number of hydrogen-bond donors (Lipinski definition) is 1. The minimum absolute atomic E-state index is 0.672. The predicted octanol–water partition coefficient (Wildman–Crippen LogP) is 1.10. The quantitative estimate of drug-likeness (QED) is 0.719. The highest BCUT2D eigenvalue weighted by molar-refractivity contribution is 4.76. The first kappa shape index (κ1) is 12.0. The first-order valence-corrected chi connectivity index (χ1v) is 5.70. The number of ether oxygens (including phenoxy) is 1. The van der Waals surface area contributed by atoms with Gasteiger partial charge in [0.05, 0.1) is 0 Å². The van der Waals surface area contributed by atoms with Crippen LogP contribution in [0.3, 0.4) is 0 Å². The van der Waals surface area contributed by atoms with Gasteiger partial charge in [0, 0.05) is 25.3 Å². The zero-order valence-corrected chi connectivity index (χ0v) is 9.75. The van der Waals surface area contributed by atoms with E-state index in [1.807, 2.05) is 7.05 Å². The minimum Gasteiger partial charge on any atom is -0.381 e. The molecule has 0 aromatic rings. The van der Waals surface area contributed by atoms with E-state index in [0.29, 0.717) is 6.04 Å². The van der Waals surface area contributed by atoms with Crippen LogP contribution in [-0.4, -0.2) is 50.8 Å². The van der Waals surface area contributed by atoms with Crippen LogP contribution in [0.2, 0.25) is 0 Å². The molecule has 84 valence electrons. The van der Waals surface area contributed by atoms with Crippen molar-refractivity contribution in [1.82, 2.24) is 10.2 Å². The summed E-state index contributed by atoms with van der Waals surface area (Å²) in [7, 11) is 4.26. The lowest BCUT2D eigenvalue weighted by Gasteiger charge is -2.35. The zero-order valence-electron chi connectivity index (χ0n) is 9.75. The fourth-order valence-corrected chi connectivity index (χ4v) is 2.01. The van der Waals surface area contributed by atoms with Crippen LogP contribution in [-0.2, 0) is 4.74 Å². The Bertz CT molecular complexity index is 146. The Morgan fingerprint density at radius 3 is 2.64 bits per heavy atom. The van der Waals surface area contributed by atoms with Crippen molar-refractivity contribution in [3.8, 4) is 0 Å². The average molecular weight is 200 g/mol. The summed E-state index contributed by atoms with van der Waals surface area (Å²) in [4.78, 5) is 2.51. The minimum atomic E-state index is 0.672. The van der Waals surface area contributed by atoms with Gasteiger partial charge in [0.2, 0.25) is 0 Å². The van der Waals surface area contributed by atoms with Crippen LogP contribution >= 0.6 is 0 Å². The fraction of sp³-hybridized carbons (Fsp3) is 1.00. The van der Waals surface area contributed by atoms with Crippen molar-refractivity contribution in [1.29, 1.82) is 0 Å². The third-order valence-corrected chi connectivity index (χ3v) is 3.27. The van der Waals surface area contributed by atoms with Gasteiger partial charge in [-0.1, -0.05) is 0 Å². The molecule has 0 amide bonds. The molecule has 0 bridgehead atoms. The van der Waals surface area contributed by atoms with Crippen LogP contribution in [0, 0.1) is 0 Å². The van der Waals surface area contributed by atoms with Crippen LogP contribution in [0.1, 0.15) is 26.2 Å². The second-order valence-electron chi connectivity index (χ2n) is 4.25. The standard InChI is InChI=1S/C11H24N2O/c1-10(4-7-12-2)13(3)11-5-8-14-9-6-11/h10-12H,4-9H2,1-3H3. The van der Waals surface area contributed by atoms with Crippen molar-refractivity contribution in [3.63, 3.8) is 0 Å². The van der Waals surface area contributed by atoms with Crippen LogP contribution in [0.15, 0.2) is 0 Å². The van der Waals surface area contributed by atoms with Gasteiger partial charge in [0.15, 0.2) is 0 Å². The molecule has 0 radical (unpaired) electrons. The molecule has 0 aromatic heterocycles. The van der Waals surface area contributed by atoms with Gasteiger partial charge in [-0.15, -0.1) is 0 Å². The lowest BCUT2D eigenvalue weighted by atomic mass is 10.0. The zero-order chi connectivity index (χ0) is 10.4. The Morgan fingerprint density at radius 1 is 1.43 bits per heavy atom. The maximum atomic E-state index is 5.37. The van der Waals surface area contributed by atoms with E-state index in [1.165, 1.54) is 19.3 Å². The predicted molar refractivity (Wildman–Crippen MR) is 59.6 cm³/mol. The van der Waals surface area contributed by atoms with E-state index in [-0.39, 0.29) is 0 Å². The SMILES string of the molecule is CNCCC(C)N(C)C1CCOCC1. The normalized spacial score (nSPS) is 21.4. The Balaban J connectivity index is 2.26. The Kier molecular flexibility index (Phi) is 5.45.